The van der Waals surface area contributed by atoms with Crippen molar-refractivity contribution in [1.82, 2.24) is 10.3 Å². The van der Waals surface area contributed by atoms with Crippen molar-refractivity contribution in [2.24, 2.45) is 0 Å². The van der Waals surface area contributed by atoms with E-state index in [1.165, 1.54) is 0 Å². The van der Waals surface area contributed by atoms with Crippen LogP contribution in [0.15, 0.2) is 12.3 Å². The second-order valence-electron chi connectivity index (χ2n) is 3.60. The fourth-order valence-electron chi connectivity index (χ4n) is 1.64. The summed E-state index contributed by atoms with van der Waals surface area (Å²) in [5.74, 6) is -1.67. The predicted molar refractivity (Wildman–Crippen MR) is 49.9 cm³/mol. The molecule has 7 heteroatoms. The number of aromatic nitrogens is 1. The number of aldehydes is 1. The van der Waals surface area contributed by atoms with Gasteiger partial charge in [0.05, 0.1) is 11.3 Å². The van der Waals surface area contributed by atoms with Gasteiger partial charge in [0.25, 0.3) is 0 Å². The molecular weight excluding hydrogens is 237 g/mol. The van der Waals surface area contributed by atoms with Gasteiger partial charge < -0.3 is 10.1 Å². The number of carbonyl (C=O) groups excluding carboxylic acids is 2. The molecule has 1 aliphatic rings. The normalized spacial score (nSPS) is 19.5. The highest BCUT2D eigenvalue weighted by atomic mass is 19.4. The van der Waals surface area contributed by atoms with E-state index in [1.807, 2.05) is 0 Å². The average Bonchev–Trinajstić information content (AvgIpc) is 2.27. The molecule has 0 aliphatic carbocycles. The largest absolute Gasteiger partial charge is 0.417 e. The monoisotopic (exact) mass is 244 g/mol. The van der Waals surface area contributed by atoms with Crippen LogP contribution in [-0.4, -0.2) is 17.2 Å². The third-order valence-electron chi connectivity index (χ3n) is 2.49. The van der Waals surface area contributed by atoms with Crippen LogP contribution in [0.25, 0.3) is 0 Å². The molecule has 0 fully saturated rings. The van der Waals surface area contributed by atoms with Gasteiger partial charge in [-0.2, -0.15) is 13.2 Å². The van der Waals surface area contributed by atoms with Crippen molar-refractivity contribution in [2.45, 2.75) is 18.6 Å². The Kier molecular flexibility index (Phi) is 2.60. The van der Waals surface area contributed by atoms with Crippen LogP contribution < -0.4 is 5.32 Å². The molecule has 90 valence electrons. The Bertz CT molecular complexity index is 485. The summed E-state index contributed by atoms with van der Waals surface area (Å²) in [5.41, 5.74) is -0.578. The Hall–Kier alpha value is -1.92. The van der Waals surface area contributed by atoms with Gasteiger partial charge in [-0.1, -0.05) is 0 Å². The number of carbonyl (C=O) groups is 2. The summed E-state index contributed by atoms with van der Waals surface area (Å²) in [5, 5.41) is 2.34. The van der Waals surface area contributed by atoms with Crippen LogP contribution >= 0.6 is 0 Å². The van der Waals surface area contributed by atoms with Gasteiger partial charge in [0, 0.05) is 12.7 Å². The molecule has 1 aromatic rings. The molecule has 1 aromatic heterocycles. The number of hydrogen-bond acceptors (Lipinski definition) is 3. The number of fused-ring (bicyclic) bond motifs is 1. The standard InChI is InChI=1S/C10H7F3N2O2/c11-10(12,13)6-1-5-2-15-9(17)7(4-16)8(5)14-3-6/h1,3-4,7H,2H2,(H,15,17). The van der Waals surface area contributed by atoms with E-state index in [1.54, 1.807) is 0 Å². The van der Waals surface area contributed by atoms with Gasteiger partial charge in [-0.15, -0.1) is 0 Å². The molecule has 4 nitrogen and oxygen atoms in total. The average molecular weight is 244 g/mol. The summed E-state index contributed by atoms with van der Waals surface area (Å²) in [4.78, 5) is 25.5. The number of halogens is 3. The van der Waals surface area contributed by atoms with E-state index < -0.39 is 23.6 Å². The predicted octanol–water partition coefficient (Wildman–Crippen LogP) is 1.01. The van der Waals surface area contributed by atoms with E-state index in [0.29, 0.717) is 12.5 Å². The third-order valence-corrected chi connectivity index (χ3v) is 2.49. The van der Waals surface area contributed by atoms with Crippen molar-refractivity contribution in [2.75, 3.05) is 0 Å². The van der Waals surface area contributed by atoms with Crippen molar-refractivity contribution >= 4 is 12.2 Å². The minimum absolute atomic E-state index is 0.0462. The molecule has 0 aromatic carbocycles. The van der Waals surface area contributed by atoms with Crippen molar-refractivity contribution in [1.29, 1.82) is 0 Å². The molecule has 1 unspecified atom stereocenters. The van der Waals surface area contributed by atoms with Crippen LogP contribution in [-0.2, 0) is 22.3 Å². The topological polar surface area (TPSA) is 59.1 Å². The molecule has 0 bridgehead atoms. The summed E-state index contributed by atoms with van der Waals surface area (Å²) >= 11 is 0. The zero-order valence-corrected chi connectivity index (χ0v) is 8.41. The van der Waals surface area contributed by atoms with Crippen LogP contribution in [0.3, 0.4) is 0 Å². The zero-order valence-electron chi connectivity index (χ0n) is 8.41. The van der Waals surface area contributed by atoms with Gasteiger partial charge in [0.15, 0.2) is 0 Å². The minimum atomic E-state index is -4.49. The molecule has 17 heavy (non-hydrogen) atoms. The number of amides is 1. The maximum Gasteiger partial charge on any atom is 0.417 e. The number of hydrogen-bond donors (Lipinski definition) is 1. The van der Waals surface area contributed by atoms with Crippen molar-refractivity contribution in [3.8, 4) is 0 Å². The van der Waals surface area contributed by atoms with Crippen LogP contribution in [0.5, 0.6) is 0 Å². The number of pyridine rings is 1. The van der Waals surface area contributed by atoms with E-state index in [0.717, 1.165) is 6.07 Å². The molecule has 1 atom stereocenters. The van der Waals surface area contributed by atoms with E-state index in [4.69, 9.17) is 0 Å². The number of nitrogens with one attached hydrogen (secondary N) is 1. The maximum atomic E-state index is 12.4. The second kappa shape index (κ2) is 3.83. The molecule has 1 amide bonds. The molecule has 2 heterocycles. The van der Waals surface area contributed by atoms with Gasteiger partial charge in [0.1, 0.15) is 12.2 Å². The van der Waals surface area contributed by atoms with Gasteiger partial charge in [-0.3, -0.25) is 9.78 Å². The molecule has 2 rings (SSSR count). The van der Waals surface area contributed by atoms with Gasteiger partial charge >= 0.3 is 6.18 Å². The lowest BCUT2D eigenvalue weighted by atomic mass is 9.95. The van der Waals surface area contributed by atoms with Crippen LogP contribution in [0.1, 0.15) is 22.7 Å². The van der Waals surface area contributed by atoms with E-state index in [9.17, 15) is 22.8 Å². The third kappa shape index (κ3) is 2.00. The lowest BCUT2D eigenvalue weighted by Crippen LogP contribution is -2.36. The molecular formula is C10H7F3N2O2. The minimum Gasteiger partial charge on any atom is -0.351 e. The molecule has 0 saturated heterocycles. The highest BCUT2D eigenvalue weighted by Crippen LogP contribution is 2.31. The van der Waals surface area contributed by atoms with Crippen LogP contribution in [0, 0.1) is 0 Å². The summed E-state index contributed by atoms with van der Waals surface area (Å²) in [6.45, 7) is -0.0462. The van der Waals surface area contributed by atoms with E-state index in [2.05, 4.69) is 10.3 Å². The Morgan fingerprint density at radius 1 is 1.47 bits per heavy atom. The summed E-state index contributed by atoms with van der Waals surface area (Å²) in [6, 6.07) is 0.901. The quantitative estimate of drug-likeness (QED) is 0.592. The van der Waals surface area contributed by atoms with Crippen molar-refractivity contribution < 1.29 is 22.8 Å². The smallest absolute Gasteiger partial charge is 0.351 e. The first-order valence-electron chi connectivity index (χ1n) is 4.72. The zero-order chi connectivity index (χ0) is 12.6. The SMILES string of the molecule is O=CC1C(=O)NCc2cc(C(F)(F)F)cnc21. The first kappa shape index (κ1) is 11.6. The lowest BCUT2D eigenvalue weighted by molar-refractivity contribution is -0.137. The van der Waals surface area contributed by atoms with Gasteiger partial charge in [-0.05, 0) is 11.6 Å². The van der Waals surface area contributed by atoms with Gasteiger partial charge in [0.2, 0.25) is 5.91 Å². The Morgan fingerprint density at radius 2 is 2.18 bits per heavy atom. The number of rotatable bonds is 1. The maximum absolute atomic E-state index is 12.4. The summed E-state index contributed by atoms with van der Waals surface area (Å²) in [7, 11) is 0. The van der Waals surface area contributed by atoms with E-state index in [-0.39, 0.29) is 17.8 Å². The first-order valence-corrected chi connectivity index (χ1v) is 4.72. The Labute approximate surface area is 93.8 Å². The van der Waals surface area contributed by atoms with Gasteiger partial charge in [-0.25, -0.2) is 0 Å². The highest BCUT2D eigenvalue weighted by molar-refractivity contribution is 5.98. The van der Waals surface area contributed by atoms with Crippen molar-refractivity contribution in [3.63, 3.8) is 0 Å². The number of alkyl halides is 3. The van der Waals surface area contributed by atoms with Crippen LogP contribution in [0.4, 0.5) is 13.2 Å². The molecule has 1 N–H and O–H groups in total. The molecule has 0 saturated carbocycles. The molecule has 0 radical (unpaired) electrons. The fraction of sp³-hybridized carbons (Fsp3) is 0.300. The first-order chi connectivity index (χ1) is 7.93. The fourth-order valence-corrected chi connectivity index (χ4v) is 1.64. The van der Waals surface area contributed by atoms with Crippen molar-refractivity contribution in [3.05, 3.63) is 29.1 Å². The molecule has 0 spiro atoms. The number of nitrogens with zero attached hydrogens (tertiary/aromatic N) is 1. The van der Waals surface area contributed by atoms with E-state index >= 15 is 0 Å². The summed E-state index contributed by atoms with van der Waals surface area (Å²) in [6.07, 6.45) is -3.48. The van der Waals surface area contributed by atoms with Crippen LogP contribution in [0.2, 0.25) is 0 Å². The summed E-state index contributed by atoms with van der Waals surface area (Å²) < 4.78 is 37.3. The highest BCUT2D eigenvalue weighted by Gasteiger charge is 2.34. The molecule has 1 aliphatic heterocycles. The second-order valence-corrected chi connectivity index (χ2v) is 3.60. The Morgan fingerprint density at radius 3 is 2.76 bits per heavy atom. The lowest BCUT2D eigenvalue weighted by Gasteiger charge is -2.21. The Balaban J connectivity index is 2.48.